The Morgan fingerprint density at radius 2 is 1.88 bits per heavy atom. The van der Waals surface area contributed by atoms with Gasteiger partial charge in [0.1, 0.15) is 5.75 Å². The summed E-state index contributed by atoms with van der Waals surface area (Å²) >= 11 is 11.8. The fourth-order valence-electron chi connectivity index (χ4n) is 1.94. The third-order valence-electron chi connectivity index (χ3n) is 3.19. The average Bonchev–Trinajstić information content (AvgIpc) is 2.56. The first-order chi connectivity index (χ1) is 11.4. The normalized spacial score (nSPS) is 11.5. The Morgan fingerprint density at radius 3 is 2.54 bits per heavy atom. The van der Waals surface area contributed by atoms with Crippen LogP contribution in [0.3, 0.4) is 0 Å². The van der Waals surface area contributed by atoms with E-state index < -0.39 is 6.10 Å². The minimum absolute atomic E-state index is 0.233. The summed E-state index contributed by atoms with van der Waals surface area (Å²) in [5.74, 6) is -0.235. The predicted molar refractivity (Wildman–Crippen MR) is 95.0 cm³/mol. The first-order valence-corrected chi connectivity index (χ1v) is 7.91. The molecule has 2 aromatic rings. The summed E-state index contributed by atoms with van der Waals surface area (Å²) in [7, 11) is 1.54. The molecule has 0 saturated heterocycles. The number of carbonyl (C=O) groups excluding carboxylic acids is 2. The van der Waals surface area contributed by atoms with Gasteiger partial charge in [-0.1, -0.05) is 29.3 Å². The maximum absolute atomic E-state index is 12.2. The van der Waals surface area contributed by atoms with Crippen LogP contribution in [0.25, 0.3) is 0 Å². The van der Waals surface area contributed by atoms with Crippen LogP contribution < -0.4 is 15.4 Å². The third-order valence-corrected chi connectivity index (χ3v) is 3.72. The molecule has 126 valence electrons. The van der Waals surface area contributed by atoms with Gasteiger partial charge in [0.15, 0.2) is 6.10 Å². The Hall–Kier alpha value is -2.24. The number of amides is 2. The first-order valence-electron chi connectivity index (χ1n) is 7.15. The van der Waals surface area contributed by atoms with Gasteiger partial charge in [-0.25, -0.2) is 0 Å². The predicted octanol–water partition coefficient (Wildman–Crippen LogP) is 3.76. The van der Waals surface area contributed by atoms with Crippen molar-refractivity contribution in [2.24, 2.45) is 0 Å². The second-order valence-electron chi connectivity index (χ2n) is 4.98. The van der Waals surface area contributed by atoms with Gasteiger partial charge in [-0.15, -0.1) is 0 Å². The third kappa shape index (κ3) is 4.63. The second kappa shape index (κ2) is 8.04. The van der Waals surface area contributed by atoms with E-state index in [9.17, 15) is 9.59 Å². The molecule has 0 aliphatic carbocycles. The zero-order valence-electron chi connectivity index (χ0n) is 13.1. The standard InChI is InChI=1S/C17H16Cl2N2O3/c1-10(24-15-7-6-12(18)9-14(15)19)16(22)21-13-5-3-4-11(8-13)17(23)20-2/h3-10H,1-2H3,(H,20,23)(H,21,22). The highest BCUT2D eigenvalue weighted by Crippen LogP contribution is 2.28. The van der Waals surface area contributed by atoms with E-state index in [-0.39, 0.29) is 11.8 Å². The quantitative estimate of drug-likeness (QED) is 0.846. The van der Waals surface area contributed by atoms with Crippen molar-refractivity contribution in [2.45, 2.75) is 13.0 Å². The van der Waals surface area contributed by atoms with Gasteiger partial charge in [-0.3, -0.25) is 9.59 Å². The highest BCUT2D eigenvalue weighted by atomic mass is 35.5. The molecule has 2 N–H and O–H groups in total. The number of hydrogen-bond acceptors (Lipinski definition) is 3. The first kappa shape index (κ1) is 18.1. The van der Waals surface area contributed by atoms with E-state index in [0.29, 0.717) is 27.0 Å². The van der Waals surface area contributed by atoms with Crippen molar-refractivity contribution in [1.29, 1.82) is 0 Å². The van der Waals surface area contributed by atoms with Crippen LogP contribution in [0.5, 0.6) is 5.75 Å². The van der Waals surface area contributed by atoms with Crippen LogP contribution in [-0.2, 0) is 4.79 Å². The lowest BCUT2D eigenvalue weighted by Gasteiger charge is -2.16. The number of benzene rings is 2. The molecule has 24 heavy (non-hydrogen) atoms. The number of anilines is 1. The van der Waals surface area contributed by atoms with E-state index in [4.69, 9.17) is 27.9 Å². The number of nitrogens with one attached hydrogen (secondary N) is 2. The highest BCUT2D eigenvalue weighted by Gasteiger charge is 2.17. The summed E-state index contributed by atoms with van der Waals surface area (Å²) in [4.78, 5) is 23.9. The lowest BCUT2D eigenvalue weighted by atomic mass is 10.2. The number of carbonyl (C=O) groups is 2. The van der Waals surface area contributed by atoms with E-state index >= 15 is 0 Å². The van der Waals surface area contributed by atoms with Crippen LogP contribution in [0, 0.1) is 0 Å². The van der Waals surface area contributed by atoms with Crippen LogP contribution in [0.2, 0.25) is 10.0 Å². The second-order valence-corrected chi connectivity index (χ2v) is 5.83. The van der Waals surface area contributed by atoms with Crippen molar-refractivity contribution in [3.05, 3.63) is 58.1 Å². The van der Waals surface area contributed by atoms with Gasteiger partial charge in [0, 0.05) is 23.3 Å². The molecule has 2 aromatic carbocycles. The zero-order chi connectivity index (χ0) is 17.7. The molecule has 1 unspecified atom stereocenters. The Labute approximate surface area is 149 Å². The van der Waals surface area contributed by atoms with Crippen molar-refractivity contribution in [3.63, 3.8) is 0 Å². The molecule has 0 spiro atoms. The summed E-state index contributed by atoms with van der Waals surface area (Å²) in [6, 6.07) is 11.4. The summed E-state index contributed by atoms with van der Waals surface area (Å²) in [5.41, 5.74) is 0.948. The van der Waals surface area contributed by atoms with Crippen molar-refractivity contribution in [2.75, 3.05) is 12.4 Å². The summed E-state index contributed by atoms with van der Waals surface area (Å²) in [6.45, 7) is 1.60. The van der Waals surface area contributed by atoms with E-state index in [1.165, 1.54) is 6.07 Å². The molecule has 0 heterocycles. The molecule has 0 aromatic heterocycles. The van der Waals surface area contributed by atoms with E-state index in [1.807, 2.05) is 0 Å². The Morgan fingerprint density at radius 1 is 1.12 bits per heavy atom. The molecule has 7 heteroatoms. The van der Waals surface area contributed by atoms with E-state index in [1.54, 1.807) is 50.4 Å². The van der Waals surface area contributed by atoms with E-state index in [0.717, 1.165) is 0 Å². The summed E-state index contributed by atoms with van der Waals surface area (Å²) in [5, 5.41) is 6.03. The van der Waals surface area contributed by atoms with Gasteiger partial charge in [0.05, 0.1) is 5.02 Å². The van der Waals surface area contributed by atoms with Crippen molar-refractivity contribution in [3.8, 4) is 5.75 Å². The fourth-order valence-corrected chi connectivity index (χ4v) is 2.39. The van der Waals surface area contributed by atoms with Gasteiger partial charge in [-0.05, 0) is 43.3 Å². The van der Waals surface area contributed by atoms with Gasteiger partial charge in [-0.2, -0.15) is 0 Å². The molecule has 0 fully saturated rings. The topological polar surface area (TPSA) is 67.4 Å². The lowest BCUT2D eigenvalue weighted by molar-refractivity contribution is -0.122. The lowest BCUT2D eigenvalue weighted by Crippen LogP contribution is -2.30. The zero-order valence-corrected chi connectivity index (χ0v) is 14.6. The summed E-state index contributed by atoms with van der Waals surface area (Å²) < 4.78 is 5.55. The smallest absolute Gasteiger partial charge is 0.265 e. The minimum atomic E-state index is -0.785. The Kier molecular flexibility index (Phi) is 6.06. The SMILES string of the molecule is CNC(=O)c1cccc(NC(=O)C(C)Oc2ccc(Cl)cc2Cl)c1. The maximum atomic E-state index is 12.2. The number of rotatable bonds is 5. The minimum Gasteiger partial charge on any atom is -0.479 e. The number of hydrogen-bond donors (Lipinski definition) is 2. The van der Waals surface area contributed by atoms with Crippen LogP contribution in [0.15, 0.2) is 42.5 Å². The molecule has 0 saturated carbocycles. The number of halogens is 2. The molecular formula is C17H16Cl2N2O3. The molecule has 0 radical (unpaired) electrons. The van der Waals surface area contributed by atoms with Crippen molar-refractivity contribution < 1.29 is 14.3 Å². The Balaban J connectivity index is 2.05. The highest BCUT2D eigenvalue weighted by molar-refractivity contribution is 6.35. The van der Waals surface area contributed by atoms with Gasteiger partial charge in [0.2, 0.25) is 0 Å². The largest absolute Gasteiger partial charge is 0.479 e. The average molecular weight is 367 g/mol. The maximum Gasteiger partial charge on any atom is 0.265 e. The summed E-state index contributed by atoms with van der Waals surface area (Å²) in [6.07, 6.45) is -0.785. The van der Waals surface area contributed by atoms with Crippen molar-refractivity contribution >= 4 is 40.7 Å². The van der Waals surface area contributed by atoms with Crippen LogP contribution in [-0.4, -0.2) is 25.0 Å². The molecule has 1 atom stereocenters. The fraction of sp³-hybridized carbons (Fsp3) is 0.176. The van der Waals surface area contributed by atoms with Gasteiger partial charge >= 0.3 is 0 Å². The van der Waals surface area contributed by atoms with Crippen molar-refractivity contribution in [1.82, 2.24) is 5.32 Å². The molecule has 2 amide bonds. The van der Waals surface area contributed by atoms with Crippen LogP contribution in [0.4, 0.5) is 5.69 Å². The molecular weight excluding hydrogens is 351 g/mol. The van der Waals surface area contributed by atoms with Gasteiger partial charge in [0.25, 0.3) is 11.8 Å². The molecule has 0 aliphatic heterocycles. The molecule has 2 rings (SSSR count). The molecule has 0 bridgehead atoms. The number of ether oxygens (including phenoxy) is 1. The Bertz CT molecular complexity index is 765. The van der Waals surface area contributed by atoms with Crippen LogP contribution in [0.1, 0.15) is 17.3 Å². The molecule has 5 nitrogen and oxygen atoms in total. The molecule has 0 aliphatic rings. The van der Waals surface area contributed by atoms with E-state index in [2.05, 4.69) is 10.6 Å². The monoisotopic (exact) mass is 366 g/mol. The van der Waals surface area contributed by atoms with Gasteiger partial charge < -0.3 is 15.4 Å². The van der Waals surface area contributed by atoms with Crippen LogP contribution >= 0.6 is 23.2 Å².